The highest BCUT2D eigenvalue weighted by Gasteiger charge is 2.23. The molecule has 0 bridgehead atoms. The first kappa shape index (κ1) is 38.9. The predicted molar refractivity (Wildman–Crippen MR) is 168 cm³/mol. The first-order valence-corrected chi connectivity index (χ1v) is 17.0. The Morgan fingerprint density at radius 2 is 0.927 bits per heavy atom. The summed E-state index contributed by atoms with van der Waals surface area (Å²) in [6, 6.07) is -0.955. The number of carbonyl (C=O) groups is 4. The Hall–Kier alpha value is -2.12. The van der Waals surface area contributed by atoms with E-state index in [0.29, 0.717) is 13.1 Å². The Labute approximate surface area is 251 Å². The van der Waals surface area contributed by atoms with Crippen molar-refractivity contribution in [1.82, 2.24) is 16.0 Å². The van der Waals surface area contributed by atoms with Crippen LogP contribution in [-0.4, -0.2) is 47.9 Å². The van der Waals surface area contributed by atoms with E-state index in [4.69, 9.17) is 5.11 Å². The molecule has 0 aliphatic carbocycles. The molecule has 0 radical (unpaired) electrons. The van der Waals surface area contributed by atoms with E-state index < -0.39 is 17.9 Å². The van der Waals surface area contributed by atoms with Gasteiger partial charge in [0.15, 0.2) is 0 Å². The lowest BCUT2D eigenvalue weighted by Gasteiger charge is -2.18. The minimum Gasteiger partial charge on any atom is -0.481 e. The van der Waals surface area contributed by atoms with Crippen LogP contribution in [0.25, 0.3) is 0 Å². The van der Waals surface area contributed by atoms with Crippen LogP contribution in [-0.2, 0) is 19.2 Å². The third-order valence-electron chi connectivity index (χ3n) is 7.52. The molecule has 4 N–H and O–H groups in total. The molecule has 240 valence electrons. The maximum atomic E-state index is 12.8. The molecule has 0 saturated heterocycles. The number of rotatable bonds is 30. The van der Waals surface area contributed by atoms with Crippen molar-refractivity contribution in [2.24, 2.45) is 0 Å². The maximum absolute atomic E-state index is 12.8. The molecule has 0 spiro atoms. The zero-order chi connectivity index (χ0) is 30.4. The van der Waals surface area contributed by atoms with Gasteiger partial charge >= 0.3 is 5.97 Å². The summed E-state index contributed by atoms with van der Waals surface area (Å²) >= 11 is 0. The summed E-state index contributed by atoms with van der Waals surface area (Å²) in [4.78, 5) is 48.4. The highest BCUT2D eigenvalue weighted by Crippen LogP contribution is 2.11. The van der Waals surface area contributed by atoms with Crippen molar-refractivity contribution in [3.63, 3.8) is 0 Å². The normalized spacial score (nSPS) is 11.7. The minimum absolute atomic E-state index is 0.00868. The zero-order valence-corrected chi connectivity index (χ0v) is 26.5. The average Bonchev–Trinajstić information content (AvgIpc) is 2.94. The van der Waals surface area contributed by atoms with Gasteiger partial charge in [-0.05, 0) is 19.3 Å². The van der Waals surface area contributed by atoms with Gasteiger partial charge in [0.25, 0.3) is 0 Å². The van der Waals surface area contributed by atoms with Crippen LogP contribution in [0.2, 0.25) is 0 Å². The Morgan fingerprint density at radius 1 is 0.512 bits per heavy atom. The van der Waals surface area contributed by atoms with E-state index in [1.54, 1.807) is 0 Å². The molecule has 0 aromatic heterocycles. The highest BCUT2D eigenvalue weighted by atomic mass is 16.4. The molecule has 0 aliphatic rings. The largest absolute Gasteiger partial charge is 0.481 e. The fourth-order valence-corrected chi connectivity index (χ4v) is 4.92. The first-order valence-electron chi connectivity index (χ1n) is 17.0. The molecular formula is C33H63N3O5. The van der Waals surface area contributed by atoms with E-state index in [2.05, 4.69) is 29.8 Å². The van der Waals surface area contributed by atoms with Crippen LogP contribution in [0.1, 0.15) is 168 Å². The molecular weight excluding hydrogens is 518 g/mol. The summed E-state index contributed by atoms with van der Waals surface area (Å²) in [5, 5.41) is 17.2. The summed E-state index contributed by atoms with van der Waals surface area (Å²) < 4.78 is 0. The van der Waals surface area contributed by atoms with Crippen molar-refractivity contribution in [3.05, 3.63) is 0 Å². The molecule has 1 unspecified atom stereocenters. The molecule has 3 amide bonds. The van der Waals surface area contributed by atoms with Gasteiger partial charge in [0, 0.05) is 25.9 Å². The van der Waals surface area contributed by atoms with Gasteiger partial charge in [0.2, 0.25) is 17.7 Å². The molecule has 0 fully saturated rings. The molecule has 0 saturated carbocycles. The number of carboxylic acids is 1. The molecule has 0 rings (SSSR count). The second-order valence-corrected chi connectivity index (χ2v) is 11.6. The van der Waals surface area contributed by atoms with E-state index in [-0.39, 0.29) is 37.5 Å². The fourth-order valence-electron chi connectivity index (χ4n) is 4.92. The number of amides is 3. The number of hydrogen-bond acceptors (Lipinski definition) is 4. The highest BCUT2D eigenvalue weighted by molar-refractivity contribution is 5.92. The molecule has 0 aromatic carbocycles. The predicted octanol–water partition coefficient (Wildman–Crippen LogP) is 7.19. The van der Waals surface area contributed by atoms with E-state index in [1.807, 2.05) is 0 Å². The van der Waals surface area contributed by atoms with Crippen LogP contribution in [0.3, 0.4) is 0 Å². The lowest BCUT2D eigenvalue weighted by Crippen LogP contribution is -2.49. The molecule has 0 heterocycles. The standard InChI is InChI=1S/C33H63N3O5/c1-3-5-7-9-11-13-15-17-19-21-26-34-31(38)28-29(36-30(37)24-23-25-32(39)40)33(41)35-27-22-20-18-16-14-12-10-8-6-4-2/h29H,3-28H2,1-2H3,(H,34,38)(H,35,41)(H,36,37)(H,39,40). The van der Waals surface area contributed by atoms with E-state index in [1.165, 1.54) is 96.3 Å². The summed E-state index contributed by atoms with van der Waals surface area (Å²) in [5.74, 6) is -1.99. The van der Waals surface area contributed by atoms with E-state index in [0.717, 1.165) is 32.1 Å². The maximum Gasteiger partial charge on any atom is 0.303 e. The van der Waals surface area contributed by atoms with Crippen molar-refractivity contribution in [1.29, 1.82) is 0 Å². The van der Waals surface area contributed by atoms with Crippen molar-refractivity contribution >= 4 is 23.7 Å². The van der Waals surface area contributed by atoms with Gasteiger partial charge in [0.05, 0.1) is 6.42 Å². The summed E-state index contributed by atoms with van der Waals surface area (Å²) in [5.41, 5.74) is 0. The molecule has 41 heavy (non-hydrogen) atoms. The molecule has 1 atom stereocenters. The average molecular weight is 582 g/mol. The molecule has 8 heteroatoms. The van der Waals surface area contributed by atoms with E-state index in [9.17, 15) is 19.2 Å². The molecule has 0 aromatic rings. The SMILES string of the molecule is CCCCCCCCCCCCNC(=O)CC(NC(=O)CCCC(=O)O)C(=O)NCCCCCCCCCCCC. The molecule has 8 nitrogen and oxygen atoms in total. The molecule has 0 aliphatic heterocycles. The van der Waals surface area contributed by atoms with Crippen LogP contribution in [0.5, 0.6) is 0 Å². The van der Waals surface area contributed by atoms with Crippen molar-refractivity contribution in [3.8, 4) is 0 Å². The Balaban J connectivity index is 4.28. The van der Waals surface area contributed by atoms with Gasteiger partial charge < -0.3 is 21.1 Å². The van der Waals surface area contributed by atoms with E-state index >= 15 is 0 Å². The Kier molecular flexibility index (Phi) is 27.9. The lowest BCUT2D eigenvalue weighted by atomic mass is 10.1. The van der Waals surface area contributed by atoms with Gasteiger partial charge in [-0.1, -0.05) is 129 Å². The Bertz CT molecular complexity index is 671. The van der Waals surface area contributed by atoms with Crippen LogP contribution in [0.15, 0.2) is 0 Å². The minimum atomic E-state index is -0.963. The van der Waals surface area contributed by atoms with Gasteiger partial charge in [-0.3, -0.25) is 19.2 Å². The second kappa shape index (κ2) is 29.4. The second-order valence-electron chi connectivity index (χ2n) is 11.6. The van der Waals surface area contributed by atoms with Crippen LogP contribution in [0, 0.1) is 0 Å². The summed E-state index contributed by atoms with van der Waals surface area (Å²) in [6.45, 7) is 5.54. The van der Waals surface area contributed by atoms with Crippen LogP contribution >= 0.6 is 0 Å². The number of nitrogens with one attached hydrogen (secondary N) is 3. The van der Waals surface area contributed by atoms with Crippen molar-refractivity contribution < 1.29 is 24.3 Å². The topological polar surface area (TPSA) is 125 Å². The number of carboxylic acid groups (broad SMARTS) is 1. The number of unbranched alkanes of at least 4 members (excludes halogenated alkanes) is 18. The van der Waals surface area contributed by atoms with Crippen LogP contribution in [0.4, 0.5) is 0 Å². The smallest absolute Gasteiger partial charge is 0.303 e. The Morgan fingerprint density at radius 3 is 1.37 bits per heavy atom. The van der Waals surface area contributed by atoms with Crippen LogP contribution < -0.4 is 16.0 Å². The van der Waals surface area contributed by atoms with Gasteiger partial charge in [-0.15, -0.1) is 0 Å². The van der Waals surface area contributed by atoms with Gasteiger partial charge in [-0.2, -0.15) is 0 Å². The number of carbonyl (C=O) groups excluding carboxylic acids is 3. The first-order chi connectivity index (χ1) is 19.9. The monoisotopic (exact) mass is 581 g/mol. The third-order valence-corrected chi connectivity index (χ3v) is 7.52. The summed E-state index contributed by atoms with van der Waals surface area (Å²) in [6.07, 6.45) is 24.3. The van der Waals surface area contributed by atoms with Crippen molar-refractivity contribution in [2.75, 3.05) is 13.1 Å². The van der Waals surface area contributed by atoms with Crippen molar-refractivity contribution in [2.45, 2.75) is 174 Å². The summed E-state index contributed by atoms with van der Waals surface area (Å²) in [7, 11) is 0. The number of aliphatic carboxylic acids is 1. The zero-order valence-electron chi connectivity index (χ0n) is 26.5. The number of hydrogen-bond donors (Lipinski definition) is 4. The van der Waals surface area contributed by atoms with Gasteiger partial charge in [-0.25, -0.2) is 0 Å². The fraction of sp³-hybridized carbons (Fsp3) is 0.879. The van der Waals surface area contributed by atoms with Gasteiger partial charge in [0.1, 0.15) is 6.04 Å². The third kappa shape index (κ3) is 27.8. The lowest BCUT2D eigenvalue weighted by molar-refractivity contribution is -0.137. The quantitative estimate of drug-likeness (QED) is 0.0668.